The molecule has 10 heteroatoms. The summed E-state index contributed by atoms with van der Waals surface area (Å²) in [7, 11) is 0. The third kappa shape index (κ3) is 5.21. The molecule has 1 atom stereocenters. The SMILES string of the molecule is C[C@@H](CO)Oc1cc(Oc2ccc(C(=O)N3CCC3)cn2)cc(C(=O)Nc2nccs2)c1. The number of rotatable bonds is 8. The Morgan fingerprint density at radius 2 is 2.00 bits per heavy atom. The lowest BCUT2D eigenvalue weighted by atomic mass is 10.1. The van der Waals surface area contributed by atoms with Crippen LogP contribution in [0.15, 0.2) is 48.1 Å². The molecule has 1 saturated heterocycles. The standard InChI is InChI=1S/C22H22N4O5S/c1-14(13-27)30-17-9-16(20(28)25-22-23-5-8-32-22)10-18(11-17)31-19-4-3-15(12-24-19)21(29)26-6-2-7-26/h3-5,8-12,14,27H,2,6-7,13H2,1H3,(H,23,25,28)/t14-/m0/s1. The Bertz CT molecular complexity index is 1080. The highest BCUT2D eigenvalue weighted by atomic mass is 32.1. The fourth-order valence-corrected chi connectivity index (χ4v) is 3.47. The van der Waals surface area contributed by atoms with Crippen molar-refractivity contribution >= 4 is 28.3 Å². The third-order valence-corrected chi connectivity index (χ3v) is 5.43. The van der Waals surface area contributed by atoms with E-state index in [1.54, 1.807) is 53.7 Å². The highest BCUT2D eigenvalue weighted by molar-refractivity contribution is 7.13. The van der Waals surface area contributed by atoms with Gasteiger partial charge in [0, 0.05) is 48.6 Å². The van der Waals surface area contributed by atoms with Gasteiger partial charge in [0.05, 0.1) is 12.2 Å². The zero-order valence-corrected chi connectivity index (χ0v) is 18.2. The second kappa shape index (κ2) is 9.75. The fraction of sp³-hybridized carbons (Fsp3) is 0.273. The first-order chi connectivity index (χ1) is 15.5. The lowest BCUT2D eigenvalue weighted by Crippen LogP contribution is -2.42. The average molecular weight is 455 g/mol. The Morgan fingerprint density at radius 1 is 1.19 bits per heavy atom. The van der Waals surface area contributed by atoms with Gasteiger partial charge in [-0.1, -0.05) is 0 Å². The van der Waals surface area contributed by atoms with Gasteiger partial charge in [-0.2, -0.15) is 0 Å². The smallest absolute Gasteiger partial charge is 0.257 e. The molecular weight excluding hydrogens is 432 g/mol. The van der Waals surface area contributed by atoms with Crippen molar-refractivity contribution in [2.45, 2.75) is 19.4 Å². The summed E-state index contributed by atoms with van der Waals surface area (Å²) in [5.74, 6) is 0.521. The Kier molecular flexibility index (Phi) is 6.62. The highest BCUT2D eigenvalue weighted by Gasteiger charge is 2.22. The van der Waals surface area contributed by atoms with Crippen LogP contribution in [0.1, 0.15) is 34.1 Å². The molecule has 2 aromatic heterocycles. The van der Waals surface area contributed by atoms with Crippen molar-refractivity contribution in [1.29, 1.82) is 0 Å². The van der Waals surface area contributed by atoms with Crippen molar-refractivity contribution in [1.82, 2.24) is 14.9 Å². The molecule has 1 aliphatic heterocycles. The lowest BCUT2D eigenvalue weighted by molar-refractivity contribution is 0.0651. The molecular formula is C22H22N4O5S. The molecule has 32 heavy (non-hydrogen) atoms. The van der Waals surface area contributed by atoms with E-state index in [1.165, 1.54) is 17.5 Å². The van der Waals surface area contributed by atoms with Gasteiger partial charge in [0.15, 0.2) is 5.13 Å². The molecule has 2 N–H and O–H groups in total. The number of benzene rings is 1. The van der Waals surface area contributed by atoms with E-state index in [4.69, 9.17) is 9.47 Å². The molecule has 0 radical (unpaired) electrons. The number of hydrogen-bond donors (Lipinski definition) is 2. The molecule has 0 bridgehead atoms. The number of nitrogens with one attached hydrogen (secondary N) is 1. The van der Waals surface area contributed by atoms with Crippen molar-refractivity contribution in [3.05, 3.63) is 59.2 Å². The first-order valence-electron chi connectivity index (χ1n) is 10.1. The van der Waals surface area contributed by atoms with Crippen molar-refractivity contribution in [3.8, 4) is 17.4 Å². The summed E-state index contributed by atoms with van der Waals surface area (Å²) < 4.78 is 11.5. The molecule has 166 valence electrons. The molecule has 0 unspecified atom stereocenters. The van der Waals surface area contributed by atoms with Crippen LogP contribution >= 0.6 is 11.3 Å². The van der Waals surface area contributed by atoms with Crippen LogP contribution in [0.4, 0.5) is 5.13 Å². The number of carbonyl (C=O) groups excluding carboxylic acids is 2. The van der Waals surface area contributed by atoms with E-state index in [9.17, 15) is 14.7 Å². The lowest BCUT2D eigenvalue weighted by Gasteiger charge is -2.30. The van der Waals surface area contributed by atoms with Gasteiger partial charge >= 0.3 is 0 Å². The number of ether oxygens (including phenoxy) is 2. The van der Waals surface area contributed by atoms with Gasteiger partial charge in [-0.25, -0.2) is 9.97 Å². The number of carbonyl (C=O) groups is 2. The van der Waals surface area contributed by atoms with Gasteiger partial charge in [-0.3, -0.25) is 14.9 Å². The van der Waals surface area contributed by atoms with Crippen LogP contribution in [-0.4, -0.2) is 57.6 Å². The minimum Gasteiger partial charge on any atom is -0.488 e. The largest absolute Gasteiger partial charge is 0.488 e. The number of aliphatic hydroxyl groups excluding tert-OH is 1. The van der Waals surface area contributed by atoms with Crippen LogP contribution in [0.5, 0.6) is 17.4 Å². The molecule has 3 aromatic rings. The summed E-state index contributed by atoms with van der Waals surface area (Å²) in [5, 5.41) is 14.2. The van der Waals surface area contributed by atoms with Crippen LogP contribution < -0.4 is 14.8 Å². The summed E-state index contributed by atoms with van der Waals surface area (Å²) in [6.45, 7) is 3.06. The maximum Gasteiger partial charge on any atom is 0.257 e. The number of likely N-dealkylation sites (tertiary alicyclic amines) is 1. The van der Waals surface area contributed by atoms with Crippen LogP contribution in [0.3, 0.4) is 0 Å². The van der Waals surface area contributed by atoms with Crippen LogP contribution in [-0.2, 0) is 0 Å². The van der Waals surface area contributed by atoms with Gasteiger partial charge in [0.25, 0.3) is 11.8 Å². The summed E-state index contributed by atoms with van der Waals surface area (Å²) in [4.78, 5) is 35.0. The molecule has 9 nitrogen and oxygen atoms in total. The predicted molar refractivity (Wildman–Crippen MR) is 119 cm³/mol. The topological polar surface area (TPSA) is 114 Å². The van der Waals surface area contributed by atoms with Crippen LogP contribution in [0.25, 0.3) is 0 Å². The molecule has 1 fully saturated rings. The molecule has 4 rings (SSSR count). The summed E-state index contributed by atoms with van der Waals surface area (Å²) in [6.07, 6.45) is 3.62. The highest BCUT2D eigenvalue weighted by Crippen LogP contribution is 2.28. The number of anilines is 1. The van der Waals surface area contributed by atoms with Gasteiger partial charge in [0.1, 0.15) is 17.6 Å². The second-order valence-electron chi connectivity index (χ2n) is 7.23. The Balaban J connectivity index is 1.54. The molecule has 3 heterocycles. The summed E-state index contributed by atoms with van der Waals surface area (Å²) in [6, 6.07) is 7.98. The molecule has 1 aliphatic rings. The molecule has 1 aromatic carbocycles. The first kappa shape index (κ1) is 21.7. The van der Waals surface area contributed by atoms with Crippen molar-refractivity contribution in [3.63, 3.8) is 0 Å². The van der Waals surface area contributed by atoms with E-state index >= 15 is 0 Å². The van der Waals surface area contributed by atoms with Crippen LogP contribution in [0.2, 0.25) is 0 Å². The molecule has 0 aliphatic carbocycles. The minimum absolute atomic E-state index is 0.0511. The van der Waals surface area contributed by atoms with E-state index in [0.717, 1.165) is 19.5 Å². The van der Waals surface area contributed by atoms with Gasteiger partial charge in [-0.15, -0.1) is 11.3 Å². The maximum absolute atomic E-state index is 12.7. The molecule has 0 saturated carbocycles. The first-order valence-corrected chi connectivity index (χ1v) is 11.0. The van der Waals surface area contributed by atoms with Gasteiger partial charge in [0.2, 0.25) is 5.88 Å². The monoisotopic (exact) mass is 454 g/mol. The molecule has 2 amide bonds. The van der Waals surface area contributed by atoms with Crippen molar-refractivity contribution in [2.24, 2.45) is 0 Å². The zero-order chi connectivity index (χ0) is 22.5. The van der Waals surface area contributed by atoms with E-state index in [2.05, 4.69) is 15.3 Å². The quantitative estimate of drug-likeness (QED) is 0.537. The number of nitrogens with zero attached hydrogens (tertiary/aromatic N) is 3. The number of thiazole rings is 1. The van der Waals surface area contributed by atoms with Gasteiger partial charge in [-0.05, 0) is 31.5 Å². The zero-order valence-electron chi connectivity index (χ0n) is 17.4. The number of amides is 2. The summed E-state index contributed by atoms with van der Waals surface area (Å²) in [5.41, 5.74) is 0.789. The second-order valence-corrected chi connectivity index (χ2v) is 8.12. The average Bonchev–Trinajstić information content (AvgIpc) is 3.25. The normalized spacial score (nSPS) is 13.8. The van der Waals surface area contributed by atoms with Crippen molar-refractivity contribution < 1.29 is 24.2 Å². The fourth-order valence-electron chi connectivity index (χ4n) is 2.94. The number of aliphatic hydroxyl groups is 1. The molecule has 0 spiro atoms. The number of hydrogen-bond acceptors (Lipinski definition) is 8. The minimum atomic E-state index is -0.468. The van der Waals surface area contributed by atoms with E-state index in [-0.39, 0.29) is 24.3 Å². The number of pyridine rings is 1. The Hall–Kier alpha value is -3.50. The van der Waals surface area contributed by atoms with Crippen molar-refractivity contribution in [2.75, 3.05) is 25.0 Å². The van der Waals surface area contributed by atoms with Crippen LogP contribution in [0, 0.1) is 0 Å². The van der Waals surface area contributed by atoms with Gasteiger partial charge < -0.3 is 19.5 Å². The maximum atomic E-state index is 12.7. The van der Waals surface area contributed by atoms with E-state index < -0.39 is 6.10 Å². The third-order valence-electron chi connectivity index (χ3n) is 4.74. The van der Waals surface area contributed by atoms with E-state index in [0.29, 0.717) is 27.8 Å². The van der Waals surface area contributed by atoms with E-state index in [1.807, 2.05) is 0 Å². The summed E-state index contributed by atoms with van der Waals surface area (Å²) >= 11 is 1.30. The Morgan fingerprint density at radius 3 is 2.62 bits per heavy atom. The predicted octanol–water partition coefficient (Wildman–Crippen LogP) is 3.19. The Labute approximate surface area is 188 Å². The number of aromatic nitrogens is 2.